The molecule has 0 aliphatic carbocycles. The maximum Gasteiger partial charge on any atom is 0.336 e. The van der Waals surface area contributed by atoms with Gasteiger partial charge >= 0.3 is 17.9 Å². The average molecular weight is 320 g/mol. The Morgan fingerprint density at radius 2 is 1.65 bits per heavy atom. The van der Waals surface area contributed by atoms with Gasteiger partial charge < -0.3 is 14.9 Å². The minimum atomic E-state index is -1.36. The number of benzene rings is 1. The summed E-state index contributed by atoms with van der Waals surface area (Å²) >= 11 is 0. The van der Waals surface area contributed by atoms with Crippen LogP contribution in [0.25, 0.3) is 0 Å². The zero-order valence-electron chi connectivity index (χ0n) is 13.6. The molecule has 0 radical (unpaired) electrons. The highest BCUT2D eigenvalue weighted by atomic mass is 16.5. The van der Waals surface area contributed by atoms with E-state index in [2.05, 4.69) is 0 Å². The standard InChI is InChI=1S/C17H20O6/c1-5-11-6-7-12(15(18)19)14(16(20)21)13(11)8-23-17(22)10(4)9(2)3/h6-7H,5,8H2,1-4H3,(H,18,19)(H,20,21). The monoisotopic (exact) mass is 320 g/mol. The van der Waals surface area contributed by atoms with Crippen molar-refractivity contribution in [3.8, 4) is 0 Å². The fraction of sp³-hybridized carbons (Fsp3) is 0.353. The highest BCUT2D eigenvalue weighted by Gasteiger charge is 2.23. The van der Waals surface area contributed by atoms with E-state index in [1.54, 1.807) is 26.8 Å². The van der Waals surface area contributed by atoms with E-state index in [0.717, 1.165) is 5.57 Å². The normalized spacial score (nSPS) is 10.1. The molecule has 0 heterocycles. The van der Waals surface area contributed by atoms with Gasteiger partial charge in [-0.2, -0.15) is 0 Å². The molecule has 0 bridgehead atoms. The zero-order valence-corrected chi connectivity index (χ0v) is 13.6. The van der Waals surface area contributed by atoms with Gasteiger partial charge in [0.25, 0.3) is 0 Å². The molecule has 6 heteroatoms. The largest absolute Gasteiger partial charge is 0.478 e. The molecule has 2 N–H and O–H groups in total. The topological polar surface area (TPSA) is 101 Å². The van der Waals surface area contributed by atoms with Crippen molar-refractivity contribution in [3.63, 3.8) is 0 Å². The van der Waals surface area contributed by atoms with Crippen LogP contribution in [-0.2, 0) is 22.6 Å². The first-order valence-electron chi connectivity index (χ1n) is 7.13. The average Bonchev–Trinajstić information content (AvgIpc) is 2.49. The van der Waals surface area contributed by atoms with Gasteiger partial charge in [-0.15, -0.1) is 0 Å². The summed E-state index contributed by atoms with van der Waals surface area (Å²) in [4.78, 5) is 34.6. The van der Waals surface area contributed by atoms with Crippen molar-refractivity contribution in [2.45, 2.75) is 40.7 Å². The van der Waals surface area contributed by atoms with Crippen LogP contribution in [0.1, 0.15) is 59.5 Å². The second-order valence-electron chi connectivity index (χ2n) is 5.29. The van der Waals surface area contributed by atoms with Crippen LogP contribution in [0.15, 0.2) is 23.3 Å². The van der Waals surface area contributed by atoms with Crippen LogP contribution < -0.4 is 0 Å². The Balaban J connectivity index is 3.30. The molecule has 23 heavy (non-hydrogen) atoms. The van der Waals surface area contributed by atoms with Crippen molar-refractivity contribution in [1.29, 1.82) is 0 Å². The Bertz CT molecular complexity index is 681. The summed E-state index contributed by atoms with van der Waals surface area (Å²) in [7, 11) is 0. The van der Waals surface area contributed by atoms with Gasteiger partial charge in [0.1, 0.15) is 6.61 Å². The van der Waals surface area contributed by atoms with E-state index in [4.69, 9.17) is 9.84 Å². The maximum absolute atomic E-state index is 11.9. The van der Waals surface area contributed by atoms with Gasteiger partial charge in [-0.05, 0) is 38.8 Å². The number of rotatable bonds is 6. The van der Waals surface area contributed by atoms with Crippen LogP contribution in [0.3, 0.4) is 0 Å². The number of carbonyl (C=O) groups excluding carboxylic acids is 1. The third-order valence-corrected chi connectivity index (χ3v) is 3.64. The van der Waals surface area contributed by atoms with Crippen LogP contribution in [0.4, 0.5) is 0 Å². The van der Waals surface area contributed by atoms with E-state index in [0.29, 0.717) is 17.6 Å². The second kappa shape index (κ2) is 7.58. The molecule has 0 saturated carbocycles. The Morgan fingerprint density at radius 3 is 2.09 bits per heavy atom. The minimum Gasteiger partial charge on any atom is -0.478 e. The number of ether oxygens (including phenoxy) is 1. The van der Waals surface area contributed by atoms with Crippen molar-refractivity contribution >= 4 is 17.9 Å². The van der Waals surface area contributed by atoms with Gasteiger partial charge in [-0.1, -0.05) is 18.6 Å². The third kappa shape index (κ3) is 4.18. The molecular formula is C17H20O6. The lowest BCUT2D eigenvalue weighted by molar-refractivity contribution is -0.140. The third-order valence-electron chi connectivity index (χ3n) is 3.64. The molecule has 0 aromatic heterocycles. The predicted octanol–water partition coefficient (Wildman–Crippen LogP) is 3.04. The van der Waals surface area contributed by atoms with Gasteiger partial charge in [0.2, 0.25) is 0 Å². The van der Waals surface area contributed by atoms with Gasteiger partial charge in [0.15, 0.2) is 0 Å². The summed E-state index contributed by atoms with van der Waals surface area (Å²) < 4.78 is 5.17. The van der Waals surface area contributed by atoms with Crippen molar-refractivity contribution in [1.82, 2.24) is 0 Å². The number of aryl methyl sites for hydroxylation is 1. The van der Waals surface area contributed by atoms with Gasteiger partial charge in [-0.3, -0.25) is 0 Å². The fourth-order valence-corrected chi connectivity index (χ4v) is 2.06. The number of hydrogen-bond acceptors (Lipinski definition) is 4. The molecule has 0 fully saturated rings. The summed E-state index contributed by atoms with van der Waals surface area (Å²) in [6.45, 7) is 6.68. The SMILES string of the molecule is CCc1ccc(C(=O)O)c(C(=O)O)c1COC(=O)C(C)=C(C)C. The van der Waals surface area contributed by atoms with Crippen molar-refractivity contribution in [2.75, 3.05) is 0 Å². The van der Waals surface area contributed by atoms with E-state index in [1.807, 2.05) is 6.92 Å². The Hall–Kier alpha value is -2.63. The minimum absolute atomic E-state index is 0.217. The molecule has 0 amide bonds. The molecule has 0 aliphatic heterocycles. The number of esters is 1. The van der Waals surface area contributed by atoms with Crippen LogP contribution in [0.2, 0.25) is 0 Å². The number of carboxylic acids is 2. The molecule has 124 valence electrons. The molecule has 6 nitrogen and oxygen atoms in total. The van der Waals surface area contributed by atoms with E-state index < -0.39 is 17.9 Å². The Kier molecular flexibility index (Phi) is 6.07. The summed E-state index contributed by atoms with van der Waals surface area (Å²) in [5.41, 5.74) is 1.43. The number of aromatic carboxylic acids is 2. The Labute approximate surface area is 134 Å². The van der Waals surface area contributed by atoms with E-state index in [9.17, 15) is 19.5 Å². The molecule has 1 rings (SSSR count). The molecule has 1 aromatic carbocycles. The molecule has 0 unspecified atom stereocenters. The first-order valence-corrected chi connectivity index (χ1v) is 7.13. The van der Waals surface area contributed by atoms with Crippen LogP contribution in [0.5, 0.6) is 0 Å². The lowest BCUT2D eigenvalue weighted by Crippen LogP contribution is -2.16. The smallest absolute Gasteiger partial charge is 0.336 e. The molecular weight excluding hydrogens is 300 g/mol. The van der Waals surface area contributed by atoms with E-state index in [-0.39, 0.29) is 23.3 Å². The summed E-state index contributed by atoms with van der Waals surface area (Å²) in [6, 6.07) is 2.81. The van der Waals surface area contributed by atoms with Gasteiger partial charge in [0, 0.05) is 11.1 Å². The number of carbonyl (C=O) groups is 3. The summed E-state index contributed by atoms with van der Waals surface area (Å²) in [5.74, 6) is -3.25. The second-order valence-corrected chi connectivity index (χ2v) is 5.29. The molecule has 0 saturated heterocycles. The quantitative estimate of drug-likeness (QED) is 0.617. The first-order chi connectivity index (χ1) is 10.7. The zero-order chi connectivity index (χ0) is 17.7. The van der Waals surface area contributed by atoms with Gasteiger partial charge in [-0.25, -0.2) is 14.4 Å². The number of carboxylic acid groups (broad SMARTS) is 2. The maximum atomic E-state index is 11.9. The van der Waals surface area contributed by atoms with Crippen LogP contribution in [0, 0.1) is 0 Å². The number of hydrogen-bond donors (Lipinski definition) is 2. The van der Waals surface area contributed by atoms with Crippen molar-refractivity contribution < 1.29 is 29.3 Å². The predicted molar refractivity (Wildman–Crippen MR) is 83.6 cm³/mol. The summed E-state index contributed by atoms with van der Waals surface area (Å²) in [6.07, 6.45) is 0.495. The molecule has 0 spiro atoms. The molecule has 0 aliphatic rings. The molecule has 0 atom stereocenters. The van der Waals surface area contributed by atoms with Crippen molar-refractivity contribution in [3.05, 3.63) is 45.5 Å². The lowest BCUT2D eigenvalue weighted by atomic mass is 9.95. The Morgan fingerprint density at radius 1 is 1.04 bits per heavy atom. The lowest BCUT2D eigenvalue weighted by Gasteiger charge is -2.14. The summed E-state index contributed by atoms with van der Waals surface area (Å²) in [5, 5.41) is 18.5. The van der Waals surface area contributed by atoms with Crippen LogP contribution in [-0.4, -0.2) is 28.1 Å². The van der Waals surface area contributed by atoms with Crippen LogP contribution >= 0.6 is 0 Å². The highest BCUT2D eigenvalue weighted by Crippen LogP contribution is 2.22. The van der Waals surface area contributed by atoms with E-state index in [1.165, 1.54) is 6.07 Å². The van der Waals surface area contributed by atoms with Gasteiger partial charge in [0.05, 0.1) is 11.1 Å². The highest BCUT2D eigenvalue weighted by molar-refractivity contribution is 6.03. The number of allylic oxidation sites excluding steroid dienone is 1. The first kappa shape index (κ1) is 18.4. The fourth-order valence-electron chi connectivity index (χ4n) is 2.06. The van der Waals surface area contributed by atoms with E-state index >= 15 is 0 Å². The molecule has 1 aromatic rings. The van der Waals surface area contributed by atoms with Crippen molar-refractivity contribution in [2.24, 2.45) is 0 Å².